The summed E-state index contributed by atoms with van der Waals surface area (Å²) in [5.74, 6) is 0. The summed E-state index contributed by atoms with van der Waals surface area (Å²) in [5, 5.41) is 6.74. The van der Waals surface area contributed by atoms with Gasteiger partial charge in [-0.05, 0) is 62.9 Å². The molecule has 0 atom stereocenters. The van der Waals surface area contributed by atoms with Gasteiger partial charge in [-0.15, -0.1) is 0 Å². The Morgan fingerprint density at radius 1 is 1.28 bits per heavy atom. The van der Waals surface area contributed by atoms with E-state index in [1.54, 1.807) is 0 Å². The van der Waals surface area contributed by atoms with Crippen LogP contribution in [-0.2, 0) is 13.0 Å². The number of hydrogen-bond acceptors (Lipinski definition) is 2. The van der Waals surface area contributed by atoms with E-state index in [1.807, 2.05) is 7.05 Å². The largest absolute Gasteiger partial charge is 0.316 e. The zero-order valence-electron chi connectivity index (χ0n) is 11.1. The Bertz CT molecular complexity index is 375. The quantitative estimate of drug-likeness (QED) is 0.720. The van der Waals surface area contributed by atoms with Gasteiger partial charge >= 0.3 is 0 Å². The number of rotatable bonds is 8. The molecular formula is C15H23BrN2. The number of halogens is 1. The molecule has 1 aliphatic carbocycles. The monoisotopic (exact) mass is 310 g/mol. The van der Waals surface area contributed by atoms with Crippen molar-refractivity contribution in [1.29, 1.82) is 0 Å². The van der Waals surface area contributed by atoms with Gasteiger partial charge in [-0.2, -0.15) is 0 Å². The molecule has 2 N–H and O–H groups in total. The standard InChI is InChI=1S/C15H23BrN2/c1-17-11-12-5-6-13(15(16)10-12)4-2-3-9-18-14-7-8-14/h5-6,10,14,17-18H,2-4,7-9,11H2,1H3. The molecule has 100 valence electrons. The highest BCUT2D eigenvalue weighted by Gasteiger charge is 2.19. The van der Waals surface area contributed by atoms with Crippen molar-refractivity contribution < 1.29 is 0 Å². The SMILES string of the molecule is CNCc1ccc(CCCCNC2CC2)c(Br)c1. The Morgan fingerprint density at radius 2 is 2.11 bits per heavy atom. The molecule has 3 heteroatoms. The first-order valence-corrected chi connectivity index (χ1v) is 7.74. The fraction of sp³-hybridized carbons (Fsp3) is 0.600. The molecule has 0 saturated heterocycles. The second kappa shape index (κ2) is 7.27. The molecule has 1 aromatic carbocycles. The van der Waals surface area contributed by atoms with E-state index in [-0.39, 0.29) is 0 Å². The van der Waals surface area contributed by atoms with Crippen molar-refractivity contribution in [3.63, 3.8) is 0 Å². The lowest BCUT2D eigenvalue weighted by Crippen LogP contribution is -2.17. The maximum absolute atomic E-state index is 3.68. The summed E-state index contributed by atoms with van der Waals surface area (Å²) in [4.78, 5) is 0. The Balaban J connectivity index is 1.70. The molecule has 0 spiro atoms. The van der Waals surface area contributed by atoms with Crippen LogP contribution in [0.3, 0.4) is 0 Å². The van der Waals surface area contributed by atoms with Gasteiger partial charge in [-0.3, -0.25) is 0 Å². The fourth-order valence-electron chi connectivity index (χ4n) is 2.14. The highest BCUT2D eigenvalue weighted by Crippen LogP contribution is 2.21. The third-order valence-corrected chi connectivity index (χ3v) is 4.12. The molecule has 0 heterocycles. The maximum atomic E-state index is 3.68. The molecule has 0 aliphatic heterocycles. The van der Waals surface area contributed by atoms with Crippen LogP contribution in [0.25, 0.3) is 0 Å². The van der Waals surface area contributed by atoms with Crippen LogP contribution in [0.2, 0.25) is 0 Å². The van der Waals surface area contributed by atoms with Gasteiger partial charge in [0.1, 0.15) is 0 Å². The van der Waals surface area contributed by atoms with Gasteiger partial charge in [-0.1, -0.05) is 28.1 Å². The Labute approximate surface area is 119 Å². The summed E-state index contributed by atoms with van der Waals surface area (Å²) >= 11 is 3.68. The van der Waals surface area contributed by atoms with Crippen molar-refractivity contribution in [1.82, 2.24) is 10.6 Å². The number of aryl methyl sites for hydroxylation is 1. The van der Waals surface area contributed by atoms with Gasteiger partial charge in [0.05, 0.1) is 0 Å². The van der Waals surface area contributed by atoms with E-state index in [4.69, 9.17) is 0 Å². The van der Waals surface area contributed by atoms with Crippen LogP contribution in [0.5, 0.6) is 0 Å². The van der Waals surface area contributed by atoms with Gasteiger partial charge < -0.3 is 10.6 Å². The molecule has 0 aromatic heterocycles. The molecule has 1 saturated carbocycles. The molecule has 0 amide bonds. The summed E-state index contributed by atoms with van der Waals surface area (Å²) < 4.78 is 1.26. The molecule has 0 unspecified atom stereocenters. The molecule has 1 aliphatic rings. The highest BCUT2D eigenvalue weighted by molar-refractivity contribution is 9.10. The van der Waals surface area contributed by atoms with E-state index in [2.05, 4.69) is 44.8 Å². The number of benzene rings is 1. The molecule has 2 rings (SSSR count). The lowest BCUT2D eigenvalue weighted by Gasteiger charge is -2.08. The average Bonchev–Trinajstić information content (AvgIpc) is 3.16. The second-order valence-electron chi connectivity index (χ2n) is 5.14. The number of hydrogen-bond donors (Lipinski definition) is 2. The lowest BCUT2D eigenvalue weighted by molar-refractivity contribution is 0.619. The first-order chi connectivity index (χ1) is 8.79. The van der Waals surface area contributed by atoms with Crippen LogP contribution >= 0.6 is 15.9 Å². The van der Waals surface area contributed by atoms with E-state index in [9.17, 15) is 0 Å². The van der Waals surface area contributed by atoms with Crippen molar-refractivity contribution in [2.24, 2.45) is 0 Å². The van der Waals surface area contributed by atoms with E-state index >= 15 is 0 Å². The van der Waals surface area contributed by atoms with Crippen molar-refractivity contribution >= 4 is 15.9 Å². The molecule has 1 aromatic rings. The van der Waals surface area contributed by atoms with Gasteiger partial charge in [0.15, 0.2) is 0 Å². The predicted octanol–water partition coefficient (Wildman–Crippen LogP) is 3.24. The van der Waals surface area contributed by atoms with E-state index in [0.29, 0.717) is 0 Å². The topological polar surface area (TPSA) is 24.1 Å². The fourth-order valence-corrected chi connectivity index (χ4v) is 2.77. The van der Waals surface area contributed by atoms with Gasteiger partial charge in [0, 0.05) is 17.1 Å². The van der Waals surface area contributed by atoms with E-state index in [0.717, 1.165) is 12.6 Å². The third kappa shape index (κ3) is 4.71. The zero-order chi connectivity index (χ0) is 12.8. The number of unbranched alkanes of at least 4 members (excludes halogenated alkanes) is 1. The Kier molecular flexibility index (Phi) is 5.67. The van der Waals surface area contributed by atoms with Crippen LogP contribution in [0.4, 0.5) is 0 Å². The number of nitrogens with one attached hydrogen (secondary N) is 2. The van der Waals surface area contributed by atoms with Crippen molar-refractivity contribution in [2.75, 3.05) is 13.6 Å². The maximum Gasteiger partial charge on any atom is 0.0210 e. The molecule has 1 fully saturated rings. The molecule has 0 radical (unpaired) electrons. The van der Waals surface area contributed by atoms with Crippen molar-refractivity contribution in [2.45, 2.75) is 44.7 Å². The summed E-state index contributed by atoms with van der Waals surface area (Å²) in [6, 6.07) is 7.55. The molecule has 0 bridgehead atoms. The zero-order valence-corrected chi connectivity index (χ0v) is 12.7. The van der Waals surface area contributed by atoms with Gasteiger partial charge in [-0.25, -0.2) is 0 Å². The lowest BCUT2D eigenvalue weighted by atomic mass is 10.1. The minimum atomic E-state index is 0.845. The molecular weight excluding hydrogens is 288 g/mol. The van der Waals surface area contributed by atoms with Crippen LogP contribution in [0.15, 0.2) is 22.7 Å². The van der Waals surface area contributed by atoms with Crippen LogP contribution < -0.4 is 10.6 Å². The summed E-state index contributed by atoms with van der Waals surface area (Å²) in [6.07, 6.45) is 6.49. The normalized spacial score (nSPS) is 15.0. The van der Waals surface area contributed by atoms with Crippen molar-refractivity contribution in [3.8, 4) is 0 Å². The smallest absolute Gasteiger partial charge is 0.0210 e. The first-order valence-electron chi connectivity index (χ1n) is 6.95. The second-order valence-corrected chi connectivity index (χ2v) is 6.00. The first kappa shape index (κ1) is 14.0. The van der Waals surface area contributed by atoms with Gasteiger partial charge in [0.25, 0.3) is 0 Å². The van der Waals surface area contributed by atoms with E-state index < -0.39 is 0 Å². The Morgan fingerprint density at radius 3 is 2.78 bits per heavy atom. The summed E-state index contributed by atoms with van der Waals surface area (Å²) in [7, 11) is 1.98. The molecule has 18 heavy (non-hydrogen) atoms. The van der Waals surface area contributed by atoms with E-state index in [1.165, 1.54) is 54.2 Å². The minimum absolute atomic E-state index is 0.845. The minimum Gasteiger partial charge on any atom is -0.316 e. The highest BCUT2D eigenvalue weighted by atomic mass is 79.9. The predicted molar refractivity (Wildman–Crippen MR) is 80.9 cm³/mol. The average molecular weight is 311 g/mol. The van der Waals surface area contributed by atoms with Gasteiger partial charge in [0.2, 0.25) is 0 Å². The van der Waals surface area contributed by atoms with Crippen LogP contribution in [-0.4, -0.2) is 19.6 Å². The summed E-state index contributed by atoms with van der Waals surface area (Å²) in [6.45, 7) is 2.12. The molecule has 2 nitrogen and oxygen atoms in total. The van der Waals surface area contributed by atoms with Crippen LogP contribution in [0.1, 0.15) is 36.8 Å². The summed E-state index contributed by atoms with van der Waals surface area (Å²) in [5.41, 5.74) is 2.77. The third-order valence-electron chi connectivity index (χ3n) is 3.38. The van der Waals surface area contributed by atoms with Crippen LogP contribution in [0, 0.1) is 0 Å². The van der Waals surface area contributed by atoms with Crippen molar-refractivity contribution in [3.05, 3.63) is 33.8 Å². The Hall–Kier alpha value is -0.380.